The van der Waals surface area contributed by atoms with E-state index in [1.54, 1.807) is 0 Å². The lowest BCUT2D eigenvalue weighted by Crippen LogP contribution is -2.44. The standard InChI is InChI=1S/C15H21ClFN3O/c1-20(9-12-4-2-3-7-18-12)10-15(21)19-14-6-5-11(17)8-13(14)16/h5-6,8,12,18H,2-4,7,9-10H2,1H3,(H,19,21). The van der Waals surface area contributed by atoms with Crippen LogP contribution in [-0.2, 0) is 4.79 Å². The number of hydrogen-bond donors (Lipinski definition) is 2. The first kappa shape index (κ1) is 16.2. The summed E-state index contributed by atoms with van der Waals surface area (Å²) in [6.07, 6.45) is 3.61. The highest BCUT2D eigenvalue weighted by Crippen LogP contribution is 2.22. The van der Waals surface area contributed by atoms with Crippen LogP contribution in [0.2, 0.25) is 5.02 Å². The highest BCUT2D eigenvalue weighted by molar-refractivity contribution is 6.33. The van der Waals surface area contributed by atoms with Gasteiger partial charge in [0.25, 0.3) is 0 Å². The summed E-state index contributed by atoms with van der Waals surface area (Å²) < 4.78 is 12.9. The van der Waals surface area contributed by atoms with Crippen molar-refractivity contribution in [3.05, 3.63) is 29.0 Å². The van der Waals surface area contributed by atoms with E-state index in [1.807, 2.05) is 11.9 Å². The summed E-state index contributed by atoms with van der Waals surface area (Å²) in [4.78, 5) is 14.0. The molecule has 1 atom stereocenters. The number of amides is 1. The molecular formula is C15H21ClFN3O. The minimum Gasteiger partial charge on any atom is -0.324 e. The van der Waals surface area contributed by atoms with Crippen LogP contribution in [0, 0.1) is 5.82 Å². The van der Waals surface area contributed by atoms with E-state index in [4.69, 9.17) is 11.6 Å². The molecule has 1 amide bonds. The molecule has 2 N–H and O–H groups in total. The normalized spacial score (nSPS) is 18.8. The van der Waals surface area contributed by atoms with Crippen molar-refractivity contribution in [1.82, 2.24) is 10.2 Å². The van der Waals surface area contributed by atoms with Gasteiger partial charge in [-0.1, -0.05) is 18.0 Å². The zero-order chi connectivity index (χ0) is 15.2. The number of rotatable bonds is 5. The van der Waals surface area contributed by atoms with Crippen molar-refractivity contribution in [2.45, 2.75) is 25.3 Å². The van der Waals surface area contributed by atoms with Crippen LogP contribution < -0.4 is 10.6 Å². The van der Waals surface area contributed by atoms with Crippen molar-refractivity contribution in [2.24, 2.45) is 0 Å². The second-order valence-electron chi connectivity index (χ2n) is 5.52. The molecule has 0 aromatic heterocycles. The molecule has 1 aromatic rings. The van der Waals surface area contributed by atoms with Crippen molar-refractivity contribution < 1.29 is 9.18 Å². The van der Waals surface area contributed by atoms with E-state index >= 15 is 0 Å². The molecule has 0 spiro atoms. The largest absolute Gasteiger partial charge is 0.324 e. The Labute approximate surface area is 129 Å². The first-order valence-corrected chi connectivity index (χ1v) is 7.59. The maximum absolute atomic E-state index is 12.9. The quantitative estimate of drug-likeness (QED) is 0.878. The van der Waals surface area contributed by atoms with Crippen molar-refractivity contribution in [1.29, 1.82) is 0 Å². The van der Waals surface area contributed by atoms with E-state index in [9.17, 15) is 9.18 Å². The van der Waals surface area contributed by atoms with Gasteiger partial charge in [0.05, 0.1) is 17.3 Å². The molecule has 1 unspecified atom stereocenters. The van der Waals surface area contributed by atoms with Gasteiger partial charge in [-0.3, -0.25) is 9.69 Å². The van der Waals surface area contributed by atoms with Gasteiger partial charge in [0.2, 0.25) is 5.91 Å². The number of halogens is 2. The SMILES string of the molecule is CN(CC(=O)Nc1ccc(F)cc1Cl)CC1CCCCN1. The molecule has 1 fully saturated rings. The smallest absolute Gasteiger partial charge is 0.238 e. The Morgan fingerprint density at radius 2 is 2.33 bits per heavy atom. The van der Waals surface area contributed by atoms with E-state index in [1.165, 1.54) is 31.0 Å². The van der Waals surface area contributed by atoms with Crippen molar-refractivity contribution in [3.8, 4) is 0 Å². The van der Waals surface area contributed by atoms with Gasteiger partial charge in [0.15, 0.2) is 0 Å². The van der Waals surface area contributed by atoms with Crippen LogP contribution in [-0.4, -0.2) is 43.5 Å². The molecule has 0 bridgehead atoms. The Kier molecular flexibility index (Phi) is 5.96. The highest BCUT2D eigenvalue weighted by atomic mass is 35.5. The van der Waals surface area contributed by atoms with Crippen LogP contribution in [0.1, 0.15) is 19.3 Å². The molecule has 0 aliphatic carbocycles. The second-order valence-corrected chi connectivity index (χ2v) is 5.92. The lowest BCUT2D eigenvalue weighted by atomic mass is 10.0. The summed E-state index contributed by atoms with van der Waals surface area (Å²) in [6, 6.07) is 4.38. The molecular weight excluding hydrogens is 293 g/mol. The molecule has 0 saturated carbocycles. The molecule has 1 saturated heterocycles. The van der Waals surface area contributed by atoms with Crippen molar-refractivity contribution in [3.63, 3.8) is 0 Å². The van der Waals surface area contributed by atoms with Gasteiger partial charge in [0.1, 0.15) is 5.82 Å². The molecule has 2 rings (SSSR count). The Hall–Kier alpha value is -1.17. The predicted molar refractivity (Wildman–Crippen MR) is 83.2 cm³/mol. The number of carbonyl (C=O) groups excluding carboxylic acids is 1. The molecule has 1 aromatic carbocycles. The number of piperidine rings is 1. The number of carbonyl (C=O) groups is 1. The van der Waals surface area contributed by atoms with E-state index in [-0.39, 0.29) is 17.5 Å². The van der Waals surface area contributed by atoms with E-state index < -0.39 is 5.82 Å². The minimum atomic E-state index is -0.418. The third-order valence-electron chi connectivity index (χ3n) is 3.56. The van der Waals surface area contributed by atoms with Crippen molar-refractivity contribution in [2.75, 3.05) is 32.0 Å². The van der Waals surface area contributed by atoms with Gasteiger partial charge in [-0.15, -0.1) is 0 Å². The molecule has 4 nitrogen and oxygen atoms in total. The third-order valence-corrected chi connectivity index (χ3v) is 3.88. The number of likely N-dealkylation sites (N-methyl/N-ethyl adjacent to an activating group) is 1. The minimum absolute atomic E-state index is 0.151. The fourth-order valence-electron chi connectivity index (χ4n) is 2.55. The number of nitrogens with zero attached hydrogens (tertiary/aromatic N) is 1. The summed E-state index contributed by atoms with van der Waals surface area (Å²) in [5, 5.41) is 6.37. The lowest BCUT2D eigenvalue weighted by Gasteiger charge is -2.27. The first-order valence-electron chi connectivity index (χ1n) is 7.21. The third kappa shape index (κ3) is 5.26. The number of hydrogen-bond acceptors (Lipinski definition) is 3. The van der Waals surface area contributed by atoms with Gasteiger partial charge >= 0.3 is 0 Å². The Morgan fingerprint density at radius 3 is 3.00 bits per heavy atom. The van der Waals surface area contributed by atoms with E-state index in [0.717, 1.165) is 19.5 Å². The van der Waals surface area contributed by atoms with Crippen LogP contribution in [0.15, 0.2) is 18.2 Å². The molecule has 116 valence electrons. The fourth-order valence-corrected chi connectivity index (χ4v) is 2.76. The van der Waals surface area contributed by atoms with Gasteiger partial charge < -0.3 is 10.6 Å². The summed E-state index contributed by atoms with van der Waals surface area (Å²) in [5.74, 6) is -0.569. The highest BCUT2D eigenvalue weighted by Gasteiger charge is 2.16. The van der Waals surface area contributed by atoms with Crippen LogP contribution in [0.5, 0.6) is 0 Å². The molecule has 1 aliphatic rings. The molecule has 0 radical (unpaired) electrons. The van der Waals surface area contributed by atoms with Crippen LogP contribution >= 0.6 is 11.6 Å². The Balaban J connectivity index is 1.80. The van der Waals surface area contributed by atoms with Gasteiger partial charge in [-0.05, 0) is 44.6 Å². The maximum Gasteiger partial charge on any atom is 0.238 e. The van der Waals surface area contributed by atoms with Gasteiger partial charge in [0, 0.05) is 12.6 Å². The lowest BCUT2D eigenvalue weighted by molar-refractivity contribution is -0.117. The number of nitrogens with one attached hydrogen (secondary N) is 2. The van der Waals surface area contributed by atoms with Crippen LogP contribution in [0.3, 0.4) is 0 Å². The average molecular weight is 314 g/mol. The summed E-state index contributed by atoms with van der Waals surface area (Å²) in [6.45, 7) is 2.17. The fraction of sp³-hybridized carbons (Fsp3) is 0.533. The molecule has 6 heteroatoms. The Bertz CT molecular complexity index is 492. The van der Waals surface area contributed by atoms with E-state index in [0.29, 0.717) is 11.7 Å². The number of anilines is 1. The summed E-state index contributed by atoms with van der Waals surface area (Å²) >= 11 is 5.89. The molecule has 1 heterocycles. The first-order chi connectivity index (χ1) is 10.0. The summed E-state index contributed by atoms with van der Waals surface area (Å²) in [5.41, 5.74) is 0.437. The molecule has 1 aliphatic heterocycles. The average Bonchev–Trinajstić information content (AvgIpc) is 2.43. The maximum atomic E-state index is 12.9. The van der Waals surface area contributed by atoms with Gasteiger partial charge in [-0.2, -0.15) is 0 Å². The Morgan fingerprint density at radius 1 is 1.52 bits per heavy atom. The predicted octanol–water partition coefficient (Wildman–Crippen LogP) is 2.49. The second kappa shape index (κ2) is 7.73. The van der Waals surface area contributed by atoms with Crippen LogP contribution in [0.25, 0.3) is 0 Å². The zero-order valence-electron chi connectivity index (χ0n) is 12.2. The number of benzene rings is 1. The zero-order valence-corrected chi connectivity index (χ0v) is 12.9. The van der Waals surface area contributed by atoms with E-state index in [2.05, 4.69) is 10.6 Å². The monoisotopic (exact) mass is 313 g/mol. The molecule has 21 heavy (non-hydrogen) atoms. The van der Waals surface area contributed by atoms with Gasteiger partial charge in [-0.25, -0.2) is 4.39 Å². The van der Waals surface area contributed by atoms with Crippen molar-refractivity contribution >= 4 is 23.2 Å². The topological polar surface area (TPSA) is 44.4 Å². The summed E-state index contributed by atoms with van der Waals surface area (Å²) in [7, 11) is 1.92. The van der Waals surface area contributed by atoms with Crippen LogP contribution in [0.4, 0.5) is 10.1 Å².